The predicted octanol–water partition coefficient (Wildman–Crippen LogP) is 6.26. The molecule has 1 aliphatic rings. The summed E-state index contributed by atoms with van der Waals surface area (Å²) in [5.74, 6) is 0.286. The van der Waals surface area contributed by atoms with Crippen LogP contribution in [-0.4, -0.2) is 38.3 Å². The van der Waals surface area contributed by atoms with E-state index in [1.807, 2.05) is 99.6 Å². The molecule has 1 saturated carbocycles. The van der Waals surface area contributed by atoms with Gasteiger partial charge in [-0.25, -0.2) is 0 Å². The first-order chi connectivity index (χ1) is 19.9. The fraction of sp³-hybridized carbons (Fsp3) is 0.273. The summed E-state index contributed by atoms with van der Waals surface area (Å²) in [6.07, 6.45) is 0.578. The minimum atomic E-state index is -1.07. The molecule has 5 aromatic rings. The Morgan fingerprint density at radius 2 is 1.56 bits per heavy atom. The Morgan fingerprint density at radius 1 is 0.951 bits per heavy atom. The van der Waals surface area contributed by atoms with E-state index in [0.717, 1.165) is 40.7 Å². The number of nitrogens with one attached hydrogen (secondary N) is 1. The average molecular weight is 549 g/mol. The number of hydrogen-bond acceptors (Lipinski definition) is 7. The molecule has 0 unspecified atom stereocenters. The molecule has 2 aromatic heterocycles. The van der Waals surface area contributed by atoms with Crippen LogP contribution < -0.4 is 0 Å². The Balaban J connectivity index is 1.25. The summed E-state index contributed by atoms with van der Waals surface area (Å²) in [5, 5.41) is 27.1. The van der Waals surface area contributed by atoms with E-state index in [1.165, 1.54) is 0 Å². The zero-order valence-electron chi connectivity index (χ0n) is 23.3. The second kappa shape index (κ2) is 10.8. The van der Waals surface area contributed by atoms with Crippen LogP contribution in [0, 0.1) is 6.92 Å². The van der Waals surface area contributed by atoms with Crippen molar-refractivity contribution >= 4 is 5.97 Å². The molecule has 2 heterocycles. The number of carbonyl (C=O) groups is 1. The van der Waals surface area contributed by atoms with Gasteiger partial charge in [0, 0.05) is 11.5 Å². The van der Waals surface area contributed by atoms with Crippen LogP contribution in [0.2, 0.25) is 0 Å². The minimum Gasteiger partial charge on any atom is -0.465 e. The van der Waals surface area contributed by atoms with Gasteiger partial charge in [0.1, 0.15) is 11.8 Å². The molecule has 8 heteroatoms. The van der Waals surface area contributed by atoms with Gasteiger partial charge in [-0.2, -0.15) is 15.4 Å². The van der Waals surface area contributed by atoms with Gasteiger partial charge >= 0.3 is 5.97 Å². The highest BCUT2D eigenvalue weighted by atomic mass is 16.5. The van der Waals surface area contributed by atoms with E-state index < -0.39 is 11.5 Å². The molecule has 0 aliphatic heterocycles. The number of aryl methyl sites for hydroxylation is 1. The summed E-state index contributed by atoms with van der Waals surface area (Å²) >= 11 is 0. The number of ether oxygens (including phenoxy) is 1. The second-order valence-electron chi connectivity index (χ2n) is 10.6. The molecular formula is C33H32N4O4. The van der Waals surface area contributed by atoms with Crippen molar-refractivity contribution in [1.82, 2.24) is 20.6 Å². The molecule has 0 radical (unpaired) electrons. The van der Waals surface area contributed by atoms with E-state index in [4.69, 9.17) is 9.26 Å². The summed E-state index contributed by atoms with van der Waals surface area (Å²) in [6, 6.07) is 26.0. The van der Waals surface area contributed by atoms with Crippen LogP contribution in [0.1, 0.15) is 72.5 Å². The molecule has 1 aliphatic carbocycles. The number of carbonyl (C=O) groups excluding carboxylic acids is 1. The maximum absolute atomic E-state index is 12.5. The molecule has 0 spiro atoms. The summed E-state index contributed by atoms with van der Waals surface area (Å²) < 4.78 is 11.0. The lowest BCUT2D eigenvalue weighted by atomic mass is 9.92. The molecule has 41 heavy (non-hydrogen) atoms. The van der Waals surface area contributed by atoms with Gasteiger partial charge in [-0.15, -0.1) is 0 Å². The number of rotatable bonds is 9. The van der Waals surface area contributed by atoms with Crippen LogP contribution in [0.4, 0.5) is 0 Å². The molecule has 2 N–H and O–H groups in total. The third kappa shape index (κ3) is 4.85. The minimum absolute atomic E-state index is 0.0685. The lowest BCUT2D eigenvalue weighted by Gasteiger charge is -2.15. The van der Waals surface area contributed by atoms with Crippen molar-refractivity contribution in [3.63, 3.8) is 0 Å². The van der Waals surface area contributed by atoms with Gasteiger partial charge in [-0.3, -0.25) is 4.79 Å². The Labute approximate surface area is 238 Å². The summed E-state index contributed by atoms with van der Waals surface area (Å²) in [7, 11) is 0. The molecule has 208 valence electrons. The van der Waals surface area contributed by atoms with Crippen molar-refractivity contribution in [3.05, 3.63) is 113 Å². The molecule has 0 saturated heterocycles. The van der Waals surface area contributed by atoms with E-state index >= 15 is 0 Å². The smallest absolute Gasteiger partial charge is 0.316 e. The molecule has 8 nitrogen and oxygen atoms in total. The molecule has 3 aromatic carbocycles. The number of aliphatic hydroxyl groups is 1. The van der Waals surface area contributed by atoms with Crippen LogP contribution in [0.3, 0.4) is 0 Å². The number of aromatic amines is 1. The zero-order chi connectivity index (χ0) is 28.6. The normalized spacial score (nSPS) is 15.3. The molecule has 0 bridgehead atoms. The van der Waals surface area contributed by atoms with E-state index in [0.29, 0.717) is 35.0 Å². The fourth-order valence-electron chi connectivity index (χ4n) is 5.51. The first kappa shape index (κ1) is 26.7. The Kier molecular flexibility index (Phi) is 7.01. The van der Waals surface area contributed by atoms with Crippen LogP contribution >= 0.6 is 0 Å². The zero-order valence-corrected chi connectivity index (χ0v) is 23.3. The number of benzene rings is 3. The standard InChI is InChI=1S/C33H32N4O4/c1-4-40-32(39)33(18-19-33)26-16-14-24(15-17-26)23-10-12-25(13-11-23)31-27(21(3)36-41-31)30(38)29-28(34-37-35-29)20(2)22-8-6-5-7-9-22/h5-17,20,30,38H,4,18-19H2,1-3H3,(H,34,35,37)/t20-,30-/m1/s1. The van der Waals surface area contributed by atoms with Gasteiger partial charge in [0.25, 0.3) is 0 Å². The van der Waals surface area contributed by atoms with Crippen molar-refractivity contribution in [2.75, 3.05) is 6.61 Å². The maximum atomic E-state index is 12.5. The third-order valence-corrected chi connectivity index (χ3v) is 8.09. The van der Waals surface area contributed by atoms with Crippen molar-refractivity contribution in [3.8, 4) is 22.5 Å². The Morgan fingerprint density at radius 3 is 2.20 bits per heavy atom. The van der Waals surface area contributed by atoms with Crippen molar-refractivity contribution in [1.29, 1.82) is 0 Å². The number of aliphatic hydroxyl groups excluding tert-OH is 1. The molecule has 6 rings (SSSR count). The first-order valence-electron chi connectivity index (χ1n) is 13.9. The maximum Gasteiger partial charge on any atom is 0.316 e. The van der Waals surface area contributed by atoms with Crippen LogP contribution in [0.15, 0.2) is 83.4 Å². The quantitative estimate of drug-likeness (QED) is 0.209. The summed E-state index contributed by atoms with van der Waals surface area (Å²) in [6.45, 7) is 6.08. The van der Waals surface area contributed by atoms with E-state index in [-0.39, 0.29) is 11.9 Å². The van der Waals surface area contributed by atoms with Crippen molar-refractivity contribution in [2.24, 2.45) is 0 Å². The van der Waals surface area contributed by atoms with E-state index in [9.17, 15) is 9.90 Å². The van der Waals surface area contributed by atoms with Crippen LogP contribution in [0.5, 0.6) is 0 Å². The topological polar surface area (TPSA) is 114 Å². The Bertz CT molecular complexity index is 1650. The van der Waals surface area contributed by atoms with Gasteiger partial charge in [-0.05, 0) is 48.9 Å². The highest BCUT2D eigenvalue weighted by Gasteiger charge is 2.52. The van der Waals surface area contributed by atoms with Crippen LogP contribution in [-0.2, 0) is 14.9 Å². The third-order valence-electron chi connectivity index (χ3n) is 8.09. The van der Waals surface area contributed by atoms with Gasteiger partial charge in [0.2, 0.25) is 0 Å². The van der Waals surface area contributed by atoms with Gasteiger partial charge < -0.3 is 14.4 Å². The summed E-state index contributed by atoms with van der Waals surface area (Å²) in [4.78, 5) is 12.5. The molecule has 1 fully saturated rings. The second-order valence-corrected chi connectivity index (χ2v) is 10.6. The SMILES string of the molecule is CCOC(=O)C1(c2ccc(-c3ccc(-c4onc(C)c4[C@@H](O)c4n[nH]nc4[C@H](C)c4ccccc4)cc3)cc2)CC1. The fourth-order valence-corrected chi connectivity index (χ4v) is 5.51. The molecule has 2 atom stereocenters. The molecule has 0 amide bonds. The van der Waals surface area contributed by atoms with Crippen molar-refractivity contribution in [2.45, 2.75) is 51.0 Å². The number of hydrogen-bond donors (Lipinski definition) is 2. The number of H-pyrrole nitrogens is 1. The number of esters is 1. The van der Waals surface area contributed by atoms with Gasteiger partial charge in [-0.1, -0.05) is 90.9 Å². The van der Waals surface area contributed by atoms with E-state index in [2.05, 4.69) is 20.6 Å². The molecular weight excluding hydrogens is 516 g/mol. The average Bonchev–Trinajstić information content (AvgIpc) is 3.52. The number of aromatic nitrogens is 4. The van der Waals surface area contributed by atoms with Gasteiger partial charge in [0.15, 0.2) is 5.76 Å². The first-order valence-corrected chi connectivity index (χ1v) is 13.9. The number of nitrogens with zero attached hydrogens (tertiary/aromatic N) is 3. The monoisotopic (exact) mass is 548 g/mol. The largest absolute Gasteiger partial charge is 0.465 e. The lowest BCUT2D eigenvalue weighted by Crippen LogP contribution is -2.23. The van der Waals surface area contributed by atoms with Crippen molar-refractivity contribution < 1.29 is 19.2 Å². The lowest BCUT2D eigenvalue weighted by molar-refractivity contribution is -0.146. The summed E-state index contributed by atoms with van der Waals surface area (Å²) in [5.41, 5.74) is 6.71. The van der Waals surface area contributed by atoms with Crippen LogP contribution in [0.25, 0.3) is 22.5 Å². The predicted molar refractivity (Wildman–Crippen MR) is 154 cm³/mol. The Hall–Kier alpha value is -4.56. The highest BCUT2D eigenvalue weighted by Crippen LogP contribution is 2.49. The van der Waals surface area contributed by atoms with Gasteiger partial charge in [0.05, 0.1) is 29.0 Å². The van der Waals surface area contributed by atoms with E-state index in [1.54, 1.807) is 0 Å². The highest BCUT2D eigenvalue weighted by molar-refractivity contribution is 5.87.